The van der Waals surface area contributed by atoms with Gasteiger partial charge in [-0.15, -0.1) is 0 Å². The Morgan fingerprint density at radius 3 is 2.66 bits per heavy atom. The van der Waals surface area contributed by atoms with E-state index in [-0.39, 0.29) is 31.6 Å². The van der Waals surface area contributed by atoms with Crippen molar-refractivity contribution in [3.63, 3.8) is 0 Å². The minimum Gasteiger partial charge on any atom is -0.504 e. The number of aliphatic hydroxyl groups is 4. The second-order valence-electron chi connectivity index (χ2n) is 16.5. The van der Waals surface area contributed by atoms with Crippen LogP contribution in [-0.4, -0.2) is 69.0 Å². The Morgan fingerprint density at radius 2 is 1.87 bits per heavy atom. The number of furan rings is 1. The first-order valence-corrected chi connectivity index (χ1v) is 20.5. The molecule has 0 radical (unpaired) electrons. The molecule has 3 aliphatic rings. The fraction of sp³-hybridized carbons (Fsp3) is 0.674. The Hall–Kier alpha value is -2.86. The fourth-order valence-corrected chi connectivity index (χ4v) is 9.69. The van der Waals surface area contributed by atoms with Crippen LogP contribution in [0.15, 0.2) is 34.7 Å². The summed E-state index contributed by atoms with van der Waals surface area (Å²) in [6, 6.07) is 9.62. The second-order valence-corrected chi connectivity index (χ2v) is 16.5. The van der Waals surface area contributed by atoms with E-state index in [0.717, 1.165) is 98.6 Å². The van der Waals surface area contributed by atoms with E-state index in [1.807, 2.05) is 18.2 Å². The molecule has 0 saturated heterocycles. The van der Waals surface area contributed by atoms with Crippen molar-refractivity contribution in [3.8, 4) is 11.5 Å². The van der Waals surface area contributed by atoms with Gasteiger partial charge in [-0.2, -0.15) is 0 Å². The Bertz CT molecular complexity index is 1570. The Labute approximate surface area is 315 Å². The molecule has 53 heavy (non-hydrogen) atoms. The van der Waals surface area contributed by atoms with Crippen LogP contribution in [0.2, 0.25) is 0 Å². The number of rotatable bonds is 19. The summed E-state index contributed by atoms with van der Waals surface area (Å²) in [5, 5.41) is 54.4. The lowest BCUT2D eigenvalue weighted by atomic mass is 9.75. The highest BCUT2D eigenvalue weighted by Crippen LogP contribution is 2.47. The molecule has 10 nitrogen and oxygen atoms in total. The van der Waals surface area contributed by atoms with Crippen LogP contribution in [0.5, 0.6) is 11.5 Å². The number of aromatic amines is 1. The molecule has 1 aromatic carbocycles. The van der Waals surface area contributed by atoms with Gasteiger partial charge in [0.15, 0.2) is 11.5 Å². The maximum absolute atomic E-state index is 11.2. The van der Waals surface area contributed by atoms with E-state index < -0.39 is 12.2 Å². The quantitative estimate of drug-likeness (QED) is 0.0691. The van der Waals surface area contributed by atoms with Crippen LogP contribution in [0.3, 0.4) is 0 Å². The Kier molecular flexibility index (Phi) is 14.4. The van der Waals surface area contributed by atoms with Crippen molar-refractivity contribution in [1.29, 1.82) is 0 Å². The van der Waals surface area contributed by atoms with E-state index in [1.165, 1.54) is 36.9 Å². The average Bonchev–Trinajstić information content (AvgIpc) is 3.88. The molecule has 3 aliphatic carbocycles. The lowest BCUT2D eigenvalue weighted by Gasteiger charge is -2.33. The molecule has 3 aromatic rings. The molecule has 2 aromatic heterocycles. The van der Waals surface area contributed by atoms with E-state index in [9.17, 15) is 25.5 Å². The summed E-state index contributed by atoms with van der Waals surface area (Å²) in [6.45, 7) is 3.37. The number of nitrogens with two attached hydrogens (primary N) is 1. The third-order valence-corrected chi connectivity index (χ3v) is 12.6. The van der Waals surface area contributed by atoms with Gasteiger partial charge >= 0.3 is 0 Å². The smallest absolute Gasteiger partial charge is 0.161 e. The van der Waals surface area contributed by atoms with Crippen LogP contribution in [-0.2, 0) is 32.3 Å². The molecule has 0 spiro atoms. The number of fused-ring (bicyclic) bond motifs is 2. The molecule has 2 saturated carbocycles. The number of aliphatic hydroxyl groups excluding tert-OH is 4. The molecule has 2 heterocycles. The summed E-state index contributed by atoms with van der Waals surface area (Å²) in [5.74, 6) is 4.84. The summed E-state index contributed by atoms with van der Waals surface area (Å²) in [5.41, 5.74) is 11.4. The number of unbranched alkanes of at least 4 members (excludes halogenated alkanes) is 1. The van der Waals surface area contributed by atoms with Crippen LogP contribution < -0.4 is 15.8 Å². The lowest BCUT2D eigenvalue weighted by Crippen LogP contribution is -2.37. The molecule has 294 valence electrons. The number of phenols is 1. The summed E-state index contributed by atoms with van der Waals surface area (Å²) in [6.07, 6.45) is 14.2. The molecule has 0 amide bonds. The van der Waals surface area contributed by atoms with Gasteiger partial charge in [0.1, 0.15) is 24.2 Å². The van der Waals surface area contributed by atoms with Gasteiger partial charge in [-0.25, -0.2) is 0 Å². The number of benzene rings is 1. The number of hydrogen-bond acceptors (Lipinski definition) is 9. The molecular formula is C43H65N3O7. The summed E-state index contributed by atoms with van der Waals surface area (Å²) >= 11 is 0. The van der Waals surface area contributed by atoms with Crippen molar-refractivity contribution in [2.75, 3.05) is 26.3 Å². The minimum absolute atomic E-state index is 0.00654. The summed E-state index contributed by atoms with van der Waals surface area (Å²) in [7, 11) is 0. The van der Waals surface area contributed by atoms with E-state index >= 15 is 0 Å². The number of H-pyrrole nitrogens is 1. The fourth-order valence-electron chi connectivity index (χ4n) is 9.69. The first-order valence-electron chi connectivity index (χ1n) is 20.5. The third-order valence-electron chi connectivity index (χ3n) is 12.6. The van der Waals surface area contributed by atoms with Crippen LogP contribution >= 0.6 is 0 Å². The van der Waals surface area contributed by atoms with Crippen LogP contribution in [0.25, 0.3) is 0 Å². The second kappa shape index (κ2) is 19.1. The van der Waals surface area contributed by atoms with Gasteiger partial charge in [0.25, 0.3) is 0 Å². The zero-order valence-electron chi connectivity index (χ0n) is 31.8. The van der Waals surface area contributed by atoms with Gasteiger partial charge in [-0.05, 0) is 117 Å². The third kappa shape index (κ3) is 10.5. The van der Waals surface area contributed by atoms with Crippen molar-refractivity contribution in [2.24, 2.45) is 29.4 Å². The normalized spacial score (nSPS) is 25.5. The van der Waals surface area contributed by atoms with Crippen molar-refractivity contribution < 1.29 is 34.7 Å². The molecule has 10 heteroatoms. The molecule has 8 atom stereocenters. The minimum atomic E-state index is -0.877. The van der Waals surface area contributed by atoms with Gasteiger partial charge in [-0.1, -0.05) is 38.2 Å². The van der Waals surface area contributed by atoms with Gasteiger partial charge < -0.3 is 50.7 Å². The van der Waals surface area contributed by atoms with Gasteiger partial charge in [-0.3, -0.25) is 0 Å². The maximum atomic E-state index is 11.2. The number of hydrogen-bond donors (Lipinski definition) is 8. The van der Waals surface area contributed by atoms with Crippen molar-refractivity contribution in [1.82, 2.24) is 10.3 Å². The van der Waals surface area contributed by atoms with Gasteiger partial charge in [0.05, 0.1) is 12.7 Å². The zero-order chi connectivity index (χ0) is 37.3. The van der Waals surface area contributed by atoms with E-state index in [0.29, 0.717) is 48.8 Å². The Balaban J connectivity index is 0.994. The number of aryl methyl sites for hydroxylation is 4. The van der Waals surface area contributed by atoms with Crippen LogP contribution in [0.1, 0.15) is 129 Å². The molecular weight excluding hydrogens is 670 g/mol. The molecule has 0 aliphatic heterocycles. The average molecular weight is 736 g/mol. The predicted octanol–water partition coefficient (Wildman–Crippen LogP) is 5.96. The molecule has 0 bridgehead atoms. The summed E-state index contributed by atoms with van der Waals surface area (Å²) in [4.78, 5) is 3.53. The predicted molar refractivity (Wildman–Crippen MR) is 206 cm³/mol. The van der Waals surface area contributed by atoms with Crippen molar-refractivity contribution in [2.45, 2.75) is 134 Å². The first-order chi connectivity index (χ1) is 25.7. The molecule has 9 N–H and O–H groups in total. The molecule has 6 rings (SSSR count). The Morgan fingerprint density at radius 1 is 1.00 bits per heavy atom. The van der Waals surface area contributed by atoms with Crippen molar-refractivity contribution >= 4 is 0 Å². The van der Waals surface area contributed by atoms with E-state index in [2.05, 4.69) is 16.4 Å². The van der Waals surface area contributed by atoms with Crippen LogP contribution in [0.4, 0.5) is 0 Å². The maximum Gasteiger partial charge on any atom is 0.161 e. The number of aromatic nitrogens is 1. The topological polar surface area (TPSA) is 177 Å². The number of aromatic hydroxyl groups is 1. The van der Waals surface area contributed by atoms with Gasteiger partial charge in [0, 0.05) is 61.4 Å². The largest absolute Gasteiger partial charge is 0.504 e. The van der Waals surface area contributed by atoms with Crippen LogP contribution in [0, 0.1) is 23.7 Å². The molecule has 2 fully saturated rings. The monoisotopic (exact) mass is 735 g/mol. The first kappa shape index (κ1) is 39.8. The van der Waals surface area contributed by atoms with E-state index in [1.54, 1.807) is 13.0 Å². The number of nitrogens with one attached hydrogen (secondary N) is 2. The number of ether oxygens (including phenoxy) is 1. The van der Waals surface area contributed by atoms with Gasteiger partial charge in [0.2, 0.25) is 0 Å². The summed E-state index contributed by atoms with van der Waals surface area (Å²) < 4.78 is 12.2. The van der Waals surface area contributed by atoms with E-state index in [4.69, 9.17) is 14.9 Å². The lowest BCUT2D eigenvalue weighted by molar-refractivity contribution is 0.103. The molecule has 8 unspecified atom stereocenters. The standard InChI is InChI=1S/C43H65N3O7/c1-27(49)23-45-24-36-34-7-4-6-30(34)13-15-38-35(36)22-39(46-38)41(51)26-52-43-20-29(11-16-40(43)50)10-14-33-21-32(25-48)42(53-33)8-3-2-5-28-9-12-31(17-18-47)37(44)19-28/h11,16,20-22,27-28,30-31,34,36-37,41,45-51H,2-10,12-15,17-19,23-26,44H2,1H3. The van der Waals surface area contributed by atoms with Crippen molar-refractivity contribution in [3.05, 3.63) is 69.9 Å². The highest BCUT2D eigenvalue weighted by molar-refractivity contribution is 5.42. The highest BCUT2D eigenvalue weighted by Gasteiger charge is 2.38. The highest BCUT2D eigenvalue weighted by atomic mass is 16.5. The SMILES string of the molecule is CC(O)CNCC1c2cc(C(O)COc3cc(CCc4cc(CO)c(CCCCC5CCC(CCO)C(N)C5)o4)ccc3O)[nH]c2CCC2CCCC21. The zero-order valence-corrected chi connectivity index (χ0v) is 31.8. The number of phenolic OH excluding ortho intramolecular Hbond substituents is 1.